The van der Waals surface area contributed by atoms with Crippen molar-refractivity contribution in [2.45, 2.75) is 64.0 Å². The second-order valence-electron chi connectivity index (χ2n) is 6.98. The third-order valence-electron chi connectivity index (χ3n) is 4.72. The van der Waals surface area contributed by atoms with Gasteiger partial charge in [0, 0.05) is 31.7 Å². The summed E-state index contributed by atoms with van der Waals surface area (Å²) in [5.41, 5.74) is 1.84. The van der Waals surface area contributed by atoms with Crippen LogP contribution in [0.2, 0.25) is 0 Å². The minimum absolute atomic E-state index is 0. The van der Waals surface area contributed by atoms with Gasteiger partial charge in [-0.25, -0.2) is 0 Å². The standard InChI is InChI=1S/C16H26N4O.ClH/c1-10(2)16-14(9-20(3)19-16)18-15(21)8-11-6-12-4-5-13(7-11)17-12;/h9-13,17H,4-8H2,1-3H3,(H,18,21);1H. The van der Waals surface area contributed by atoms with E-state index in [4.69, 9.17) is 0 Å². The summed E-state index contributed by atoms with van der Waals surface area (Å²) in [5, 5.41) is 11.1. The number of hydrogen-bond acceptors (Lipinski definition) is 3. The molecule has 2 N–H and O–H groups in total. The highest BCUT2D eigenvalue weighted by molar-refractivity contribution is 5.91. The van der Waals surface area contributed by atoms with Crippen molar-refractivity contribution in [2.24, 2.45) is 13.0 Å². The van der Waals surface area contributed by atoms with Crippen molar-refractivity contribution in [1.82, 2.24) is 15.1 Å². The lowest BCUT2D eigenvalue weighted by Crippen LogP contribution is -2.39. The summed E-state index contributed by atoms with van der Waals surface area (Å²) in [6.45, 7) is 4.20. The monoisotopic (exact) mass is 326 g/mol. The fourth-order valence-corrected chi connectivity index (χ4v) is 3.83. The second kappa shape index (κ2) is 7.01. The number of fused-ring (bicyclic) bond motifs is 2. The minimum Gasteiger partial charge on any atom is -0.323 e. The predicted octanol–water partition coefficient (Wildman–Crippen LogP) is 2.82. The molecule has 3 rings (SSSR count). The molecular formula is C16H27ClN4O. The first-order valence-electron chi connectivity index (χ1n) is 8.10. The van der Waals surface area contributed by atoms with E-state index >= 15 is 0 Å². The molecule has 1 aromatic rings. The first-order valence-corrected chi connectivity index (χ1v) is 8.10. The van der Waals surface area contributed by atoms with Gasteiger partial charge in [0.1, 0.15) is 0 Å². The summed E-state index contributed by atoms with van der Waals surface area (Å²) >= 11 is 0. The van der Waals surface area contributed by atoms with Crippen LogP contribution in [0, 0.1) is 5.92 Å². The molecule has 22 heavy (non-hydrogen) atoms. The molecule has 0 spiro atoms. The molecule has 0 aromatic carbocycles. The number of aromatic nitrogens is 2. The number of carbonyl (C=O) groups is 1. The molecule has 124 valence electrons. The molecule has 2 fully saturated rings. The zero-order valence-electron chi connectivity index (χ0n) is 13.6. The van der Waals surface area contributed by atoms with Gasteiger partial charge in [0.2, 0.25) is 5.91 Å². The van der Waals surface area contributed by atoms with Gasteiger partial charge in [-0.2, -0.15) is 5.10 Å². The summed E-state index contributed by atoms with van der Waals surface area (Å²) in [7, 11) is 1.89. The van der Waals surface area contributed by atoms with Crippen molar-refractivity contribution >= 4 is 24.0 Å². The van der Waals surface area contributed by atoms with Crippen LogP contribution < -0.4 is 10.6 Å². The van der Waals surface area contributed by atoms with Gasteiger partial charge < -0.3 is 10.6 Å². The lowest BCUT2D eigenvalue weighted by Gasteiger charge is -2.28. The van der Waals surface area contributed by atoms with E-state index in [1.165, 1.54) is 12.8 Å². The number of nitrogens with one attached hydrogen (secondary N) is 2. The summed E-state index contributed by atoms with van der Waals surface area (Å²) in [4.78, 5) is 12.3. The van der Waals surface area contributed by atoms with E-state index in [-0.39, 0.29) is 18.3 Å². The largest absolute Gasteiger partial charge is 0.323 e. The molecule has 1 aromatic heterocycles. The van der Waals surface area contributed by atoms with E-state index in [9.17, 15) is 4.79 Å². The van der Waals surface area contributed by atoms with Crippen molar-refractivity contribution in [3.8, 4) is 0 Å². The van der Waals surface area contributed by atoms with Gasteiger partial charge in [-0.3, -0.25) is 9.48 Å². The quantitative estimate of drug-likeness (QED) is 0.894. The Morgan fingerprint density at radius 1 is 1.41 bits per heavy atom. The second-order valence-corrected chi connectivity index (χ2v) is 6.98. The fraction of sp³-hybridized carbons (Fsp3) is 0.750. The minimum atomic E-state index is 0. The first-order chi connectivity index (χ1) is 10.0. The van der Waals surface area contributed by atoms with Gasteiger partial charge in [-0.05, 0) is 37.5 Å². The number of carbonyl (C=O) groups excluding carboxylic acids is 1. The van der Waals surface area contributed by atoms with Crippen LogP contribution in [-0.4, -0.2) is 27.8 Å². The number of hydrogen-bond donors (Lipinski definition) is 2. The predicted molar refractivity (Wildman–Crippen MR) is 90.5 cm³/mol. The number of halogens is 1. The molecule has 0 saturated carbocycles. The smallest absolute Gasteiger partial charge is 0.224 e. The number of nitrogens with zero attached hydrogens (tertiary/aromatic N) is 2. The summed E-state index contributed by atoms with van der Waals surface area (Å²) in [6.07, 6.45) is 7.40. The fourth-order valence-electron chi connectivity index (χ4n) is 3.83. The van der Waals surface area contributed by atoms with Gasteiger partial charge in [0.05, 0.1) is 11.4 Å². The van der Waals surface area contributed by atoms with Gasteiger partial charge in [0.25, 0.3) is 0 Å². The molecule has 5 nitrogen and oxygen atoms in total. The van der Waals surface area contributed by atoms with Crippen molar-refractivity contribution < 1.29 is 4.79 Å². The lowest BCUT2D eigenvalue weighted by atomic mass is 9.89. The van der Waals surface area contributed by atoms with Crippen LogP contribution in [-0.2, 0) is 11.8 Å². The van der Waals surface area contributed by atoms with Crippen LogP contribution in [0.15, 0.2) is 6.20 Å². The number of aryl methyl sites for hydroxylation is 1. The zero-order valence-corrected chi connectivity index (χ0v) is 14.4. The highest BCUT2D eigenvalue weighted by atomic mass is 35.5. The van der Waals surface area contributed by atoms with Gasteiger partial charge in [0.15, 0.2) is 0 Å². The van der Waals surface area contributed by atoms with Gasteiger partial charge in [-0.1, -0.05) is 13.8 Å². The number of amides is 1. The summed E-state index contributed by atoms with van der Waals surface area (Å²) in [5.74, 6) is 0.982. The molecule has 2 aliphatic heterocycles. The molecule has 0 radical (unpaired) electrons. The Kier molecular flexibility index (Phi) is 5.50. The first kappa shape index (κ1) is 17.3. The maximum Gasteiger partial charge on any atom is 0.224 e. The topological polar surface area (TPSA) is 59.0 Å². The normalized spacial score (nSPS) is 26.8. The van der Waals surface area contributed by atoms with Gasteiger partial charge in [-0.15, -0.1) is 12.4 Å². The number of anilines is 1. The lowest BCUT2D eigenvalue weighted by molar-refractivity contribution is -0.117. The van der Waals surface area contributed by atoms with E-state index in [1.54, 1.807) is 4.68 Å². The molecule has 6 heteroatoms. The Morgan fingerprint density at radius 3 is 2.64 bits per heavy atom. The highest BCUT2D eigenvalue weighted by Crippen LogP contribution is 2.33. The van der Waals surface area contributed by atoms with E-state index in [2.05, 4.69) is 29.6 Å². The third kappa shape index (κ3) is 3.82. The molecule has 2 atom stereocenters. The van der Waals surface area contributed by atoms with Crippen molar-refractivity contribution in [3.63, 3.8) is 0 Å². The Labute approximate surface area is 138 Å². The Morgan fingerprint density at radius 2 is 2.05 bits per heavy atom. The van der Waals surface area contributed by atoms with Crippen LogP contribution in [0.1, 0.15) is 57.6 Å². The third-order valence-corrected chi connectivity index (χ3v) is 4.72. The van der Waals surface area contributed by atoms with Crippen molar-refractivity contribution in [3.05, 3.63) is 11.9 Å². The van der Waals surface area contributed by atoms with Gasteiger partial charge >= 0.3 is 0 Å². The Balaban J connectivity index is 0.00000176. The zero-order chi connectivity index (χ0) is 15.0. The van der Waals surface area contributed by atoms with Crippen LogP contribution in [0.5, 0.6) is 0 Å². The average molecular weight is 327 g/mol. The SMILES string of the molecule is CC(C)c1nn(C)cc1NC(=O)CC1CC2CCC(C1)N2.Cl. The Bertz CT molecular complexity index is 516. The number of piperidine rings is 1. The molecule has 2 saturated heterocycles. The number of rotatable bonds is 4. The van der Waals surface area contributed by atoms with Crippen molar-refractivity contribution in [1.29, 1.82) is 0 Å². The van der Waals surface area contributed by atoms with Crippen LogP contribution in [0.25, 0.3) is 0 Å². The van der Waals surface area contributed by atoms with Crippen molar-refractivity contribution in [2.75, 3.05) is 5.32 Å². The van der Waals surface area contributed by atoms with E-state index in [0.717, 1.165) is 24.2 Å². The van der Waals surface area contributed by atoms with Crippen LogP contribution in [0.3, 0.4) is 0 Å². The van der Waals surface area contributed by atoms with E-state index in [1.807, 2.05) is 13.2 Å². The molecule has 2 aliphatic rings. The van der Waals surface area contributed by atoms with Crippen LogP contribution in [0.4, 0.5) is 5.69 Å². The summed E-state index contributed by atoms with van der Waals surface area (Å²) in [6, 6.07) is 1.29. The maximum atomic E-state index is 12.3. The molecule has 0 aliphatic carbocycles. The highest BCUT2D eigenvalue weighted by Gasteiger charge is 2.34. The maximum absolute atomic E-state index is 12.3. The van der Waals surface area contributed by atoms with E-state index < -0.39 is 0 Å². The molecule has 3 heterocycles. The average Bonchev–Trinajstić information content (AvgIpc) is 2.92. The summed E-state index contributed by atoms with van der Waals surface area (Å²) < 4.78 is 1.77. The van der Waals surface area contributed by atoms with E-state index in [0.29, 0.717) is 30.3 Å². The molecule has 2 unspecified atom stereocenters. The molecular weight excluding hydrogens is 300 g/mol. The van der Waals surface area contributed by atoms with Crippen LogP contribution >= 0.6 is 12.4 Å². The Hall–Kier alpha value is -1.07. The molecule has 2 bridgehead atoms. The molecule has 1 amide bonds.